The van der Waals surface area contributed by atoms with Crippen LogP contribution < -0.4 is 5.32 Å². The number of aromatic nitrogens is 3. The highest BCUT2D eigenvalue weighted by Gasteiger charge is 2.25. The minimum absolute atomic E-state index is 0.103. The molecule has 0 bridgehead atoms. The zero-order valence-corrected chi connectivity index (χ0v) is 15.0. The van der Waals surface area contributed by atoms with E-state index in [4.69, 9.17) is 4.98 Å². The molecule has 6 heteroatoms. The van der Waals surface area contributed by atoms with Crippen LogP contribution in [0.25, 0.3) is 0 Å². The van der Waals surface area contributed by atoms with E-state index in [1.54, 1.807) is 11.3 Å². The number of nitrogens with zero attached hydrogens (tertiary/aromatic N) is 3. The molecule has 2 aromatic heterocycles. The summed E-state index contributed by atoms with van der Waals surface area (Å²) in [4.78, 5) is 16.4. The van der Waals surface area contributed by atoms with Crippen molar-refractivity contribution in [3.63, 3.8) is 0 Å². The van der Waals surface area contributed by atoms with Gasteiger partial charge in [-0.05, 0) is 26.7 Å². The Bertz CT molecular complexity index is 716. The van der Waals surface area contributed by atoms with Gasteiger partial charge in [-0.25, -0.2) is 4.98 Å². The topological polar surface area (TPSA) is 59.8 Å². The number of aryl methyl sites for hydroxylation is 1. The standard InChI is InChI=1S/C17H24N4OS/c1-10(2)17-18-13(9-23-17)8-21-12(4)16(11(3)20-21)14-6-5-7-15(22)19-14/h9-10,14H,5-8H2,1-4H3,(H,19,22)/t14-/m0/s1. The van der Waals surface area contributed by atoms with Crippen molar-refractivity contribution in [2.24, 2.45) is 0 Å². The normalized spacial score (nSPS) is 18.5. The number of carbonyl (C=O) groups is 1. The zero-order chi connectivity index (χ0) is 16.6. The smallest absolute Gasteiger partial charge is 0.220 e. The Kier molecular flexibility index (Phi) is 4.53. The highest BCUT2D eigenvalue weighted by molar-refractivity contribution is 7.09. The summed E-state index contributed by atoms with van der Waals surface area (Å²) in [5, 5.41) is 11.1. The Balaban J connectivity index is 1.83. The van der Waals surface area contributed by atoms with Crippen molar-refractivity contribution >= 4 is 17.2 Å². The van der Waals surface area contributed by atoms with Crippen LogP contribution in [0.3, 0.4) is 0 Å². The minimum Gasteiger partial charge on any atom is -0.349 e. The molecule has 0 unspecified atom stereocenters. The summed E-state index contributed by atoms with van der Waals surface area (Å²) in [6.07, 6.45) is 2.58. The molecule has 23 heavy (non-hydrogen) atoms. The van der Waals surface area contributed by atoms with Gasteiger partial charge in [-0.3, -0.25) is 9.48 Å². The Morgan fingerprint density at radius 1 is 1.43 bits per heavy atom. The average molecular weight is 332 g/mol. The van der Waals surface area contributed by atoms with Gasteiger partial charge < -0.3 is 5.32 Å². The fourth-order valence-electron chi connectivity index (χ4n) is 3.20. The van der Waals surface area contributed by atoms with Crippen molar-refractivity contribution in [2.45, 2.75) is 65.5 Å². The van der Waals surface area contributed by atoms with E-state index in [9.17, 15) is 4.79 Å². The number of nitrogens with one attached hydrogen (secondary N) is 1. The Hall–Kier alpha value is -1.69. The summed E-state index contributed by atoms with van der Waals surface area (Å²) < 4.78 is 2.02. The highest BCUT2D eigenvalue weighted by Crippen LogP contribution is 2.29. The Morgan fingerprint density at radius 3 is 2.87 bits per heavy atom. The molecular formula is C17H24N4OS. The summed E-state index contributed by atoms with van der Waals surface area (Å²) >= 11 is 1.71. The number of hydrogen-bond acceptors (Lipinski definition) is 4. The second kappa shape index (κ2) is 6.43. The molecule has 0 saturated carbocycles. The molecule has 0 spiro atoms. The van der Waals surface area contributed by atoms with Crippen LogP contribution in [0.4, 0.5) is 0 Å². The summed E-state index contributed by atoms with van der Waals surface area (Å²) in [6, 6.07) is 0.103. The van der Waals surface area contributed by atoms with Crippen LogP contribution in [-0.2, 0) is 11.3 Å². The largest absolute Gasteiger partial charge is 0.349 e. The highest BCUT2D eigenvalue weighted by atomic mass is 32.1. The van der Waals surface area contributed by atoms with Crippen LogP contribution in [0.1, 0.15) is 72.7 Å². The van der Waals surface area contributed by atoms with Crippen LogP contribution in [0.5, 0.6) is 0 Å². The molecule has 3 rings (SSSR count). The molecule has 0 aromatic carbocycles. The van der Waals surface area contributed by atoms with Gasteiger partial charge in [0.2, 0.25) is 5.91 Å². The molecule has 2 aromatic rings. The predicted octanol–water partition coefficient (Wildman–Crippen LogP) is 3.47. The van der Waals surface area contributed by atoms with Crippen LogP contribution >= 0.6 is 11.3 Å². The number of hydrogen-bond donors (Lipinski definition) is 1. The van der Waals surface area contributed by atoms with Gasteiger partial charge in [-0.2, -0.15) is 5.10 Å². The van der Waals surface area contributed by atoms with E-state index in [1.165, 1.54) is 10.6 Å². The van der Waals surface area contributed by atoms with Gasteiger partial charge in [-0.15, -0.1) is 11.3 Å². The van der Waals surface area contributed by atoms with Gasteiger partial charge >= 0.3 is 0 Å². The van der Waals surface area contributed by atoms with E-state index in [0.717, 1.165) is 29.9 Å². The third-order valence-corrected chi connectivity index (χ3v) is 5.59. The molecule has 1 aliphatic heterocycles. The predicted molar refractivity (Wildman–Crippen MR) is 91.7 cm³/mol. The molecule has 1 amide bonds. The van der Waals surface area contributed by atoms with Crippen molar-refractivity contribution in [1.29, 1.82) is 0 Å². The van der Waals surface area contributed by atoms with E-state index >= 15 is 0 Å². The maximum Gasteiger partial charge on any atom is 0.220 e. The maximum atomic E-state index is 11.7. The van der Waals surface area contributed by atoms with E-state index < -0.39 is 0 Å². The second-order valence-electron chi connectivity index (χ2n) is 6.59. The number of carbonyl (C=O) groups excluding carboxylic acids is 1. The Labute approximate surface area is 141 Å². The van der Waals surface area contributed by atoms with Crippen LogP contribution in [0.15, 0.2) is 5.38 Å². The zero-order valence-electron chi connectivity index (χ0n) is 14.2. The number of piperidine rings is 1. The summed E-state index contributed by atoms with van der Waals surface area (Å²) in [5.74, 6) is 0.607. The minimum atomic E-state index is 0.103. The molecule has 3 heterocycles. The number of rotatable bonds is 4. The SMILES string of the molecule is Cc1nn(Cc2csc(C(C)C)n2)c(C)c1[C@@H]1CCCC(=O)N1. The van der Waals surface area contributed by atoms with E-state index in [2.05, 4.69) is 36.6 Å². The lowest BCUT2D eigenvalue weighted by atomic mass is 9.96. The molecule has 1 fully saturated rings. The Morgan fingerprint density at radius 2 is 2.22 bits per heavy atom. The van der Waals surface area contributed by atoms with E-state index in [-0.39, 0.29) is 11.9 Å². The van der Waals surface area contributed by atoms with Gasteiger partial charge in [-0.1, -0.05) is 13.8 Å². The lowest BCUT2D eigenvalue weighted by Gasteiger charge is -2.23. The lowest BCUT2D eigenvalue weighted by molar-refractivity contribution is -0.123. The fraction of sp³-hybridized carbons (Fsp3) is 0.588. The molecule has 124 valence electrons. The molecule has 1 N–H and O–H groups in total. The van der Waals surface area contributed by atoms with Crippen molar-refractivity contribution in [1.82, 2.24) is 20.1 Å². The average Bonchev–Trinajstić information content (AvgIpc) is 3.05. The first-order valence-corrected chi connectivity index (χ1v) is 9.11. The third-order valence-electron chi connectivity index (χ3n) is 4.39. The number of thiazole rings is 1. The maximum absolute atomic E-state index is 11.7. The van der Waals surface area contributed by atoms with Crippen molar-refractivity contribution < 1.29 is 4.79 Å². The number of amides is 1. The summed E-state index contributed by atoms with van der Waals surface area (Å²) in [5.41, 5.74) is 4.38. The quantitative estimate of drug-likeness (QED) is 0.932. The van der Waals surface area contributed by atoms with Crippen LogP contribution in [0.2, 0.25) is 0 Å². The van der Waals surface area contributed by atoms with Gasteiger partial charge in [0.05, 0.1) is 29.0 Å². The van der Waals surface area contributed by atoms with Gasteiger partial charge in [0.25, 0.3) is 0 Å². The van der Waals surface area contributed by atoms with E-state index in [0.29, 0.717) is 18.9 Å². The lowest BCUT2D eigenvalue weighted by Crippen LogP contribution is -2.33. The first kappa shape index (κ1) is 16.2. The second-order valence-corrected chi connectivity index (χ2v) is 7.48. The molecular weight excluding hydrogens is 308 g/mol. The van der Waals surface area contributed by atoms with Crippen molar-refractivity contribution in [2.75, 3.05) is 0 Å². The van der Waals surface area contributed by atoms with Gasteiger partial charge in [0.1, 0.15) is 0 Å². The molecule has 5 nitrogen and oxygen atoms in total. The monoisotopic (exact) mass is 332 g/mol. The summed E-state index contributed by atoms with van der Waals surface area (Å²) in [6.45, 7) is 9.13. The first-order valence-electron chi connectivity index (χ1n) is 8.23. The van der Waals surface area contributed by atoms with E-state index in [1.807, 2.05) is 11.6 Å². The fourth-order valence-corrected chi connectivity index (χ4v) is 4.03. The molecule has 1 atom stereocenters. The van der Waals surface area contributed by atoms with Crippen LogP contribution in [0, 0.1) is 13.8 Å². The molecule has 0 aliphatic carbocycles. The molecule has 1 saturated heterocycles. The van der Waals surface area contributed by atoms with Crippen molar-refractivity contribution in [3.8, 4) is 0 Å². The first-order chi connectivity index (χ1) is 11.0. The molecule has 1 aliphatic rings. The van der Waals surface area contributed by atoms with Crippen molar-refractivity contribution in [3.05, 3.63) is 33.0 Å². The van der Waals surface area contributed by atoms with Crippen LogP contribution in [-0.4, -0.2) is 20.7 Å². The molecule has 0 radical (unpaired) electrons. The van der Waals surface area contributed by atoms with Gasteiger partial charge in [0, 0.05) is 29.0 Å². The summed E-state index contributed by atoms with van der Waals surface area (Å²) in [7, 11) is 0. The third kappa shape index (κ3) is 3.32. The van der Waals surface area contributed by atoms with Gasteiger partial charge in [0.15, 0.2) is 0 Å².